The van der Waals surface area contributed by atoms with Crippen molar-refractivity contribution in [3.05, 3.63) is 54.0 Å². The maximum atomic E-state index is 13.7. The van der Waals surface area contributed by atoms with Gasteiger partial charge in [-0.25, -0.2) is 14.8 Å². The van der Waals surface area contributed by atoms with Crippen molar-refractivity contribution in [3.63, 3.8) is 0 Å². The summed E-state index contributed by atoms with van der Waals surface area (Å²) in [5, 5.41) is 11.7. The molecule has 1 aromatic carbocycles. The van der Waals surface area contributed by atoms with Gasteiger partial charge in [-0.3, -0.25) is 9.69 Å². The van der Waals surface area contributed by atoms with Crippen molar-refractivity contribution in [2.75, 3.05) is 39.0 Å². The van der Waals surface area contributed by atoms with Crippen LogP contribution in [-0.2, 0) is 10.3 Å². The van der Waals surface area contributed by atoms with E-state index in [-0.39, 0.29) is 41.2 Å². The number of benzene rings is 1. The molecule has 1 spiro atoms. The van der Waals surface area contributed by atoms with Crippen molar-refractivity contribution in [1.82, 2.24) is 24.7 Å². The first-order chi connectivity index (χ1) is 17.8. The van der Waals surface area contributed by atoms with Crippen LogP contribution in [0.5, 0.6) is 0 Å². The Balaban J connectivity index is 1.34. The van der Waals surface area contributed by atoms with Crippen LogP contribution in [-0.4, -0.2) is 75.9 Å². The molecular weight excluding hydrogens is 466 g/mol. The lowest BCUT2D eigenvalue weighted by Crippen LogP contribution is -2.56. The van der Waals surface area contributed by atoms with E-state index in [0.717, 1.165) is 32.2 Å². The highest BCUT2D eigenvalue weighted by Crippen LogP contribution is 2.49. The van der Waals surface area contributed by atoms with Gasteiger partial charge in [-0.1, -0.05) is 36.8 Å². The predicted molar refractivity (Wildman–Crippen MR) is 139 cm³/mol. The first-order valence-electron chi connectivity index (χ1n) is 13.2. The maximum absolute atomic E-state index is 13.7. The second-order valence-corrected chi connectivity index (χ2v) is 11.0. The van der Waals surface area contributed by atoms with Gasteiger partial charge in [0.25, 0.3) is 0 Å². The van der Waals surface area contributed by atoms with Crippen LogP contribution in [0.2, 0.25) is 0 Å². The molecule has 3 amide bonds. The van der Waals surface area contributed by atoms with E-state index in [0.29, 0.717) is 12.5 Å². The van der Waals surface area contributed by atoms with Gasteiger partial charge < -0.3 is 15.1 Å². The van der Waals surface area contributed by atoms with Crippen LogP contribution in [0.3, 0.4) is 0 Å². The molecule has 0 radical (unpaired) electrons. The summed E-state index contributed by atoms with van der Waals surface area (Å²) in [5.41, 5.74) is 1.00. The van der Waals surface area contributed by atoms with E-state index in [1.54, 1.807) is 11.0 Å². The lowest BCUT2D eigenvalue weighted by molar-refractivity contribution is -0.116. The van der Waals surface area contributed by atoms with Crippen molar-refractivity contribution in [3.8, 4) is 6.07 Å². The number of nitrogens with one attached hydrogen (secondary N) is 1. The third kappa shape index (κ3) is 4.78. The highest BCUT2D eigenvalue weighted by molar-refractivity contribution is 5.94. The van der Waals surface area contributed by atoms with Gasteiger partial charge in [0, 0.05) is 24.8 Å². The fourth-order valence-electron chi connectivity index (χ4n) is 6.35. The van der Waals surface area contributed by atoms with Gasteiger partial charge in [0.05, 0.1) is 5.54 Å². The van der Waals surface area contributed by atoms with Crippen molar-refractivity contribution >= 4 is 17.8 Å². The lowest BCUT2D eigenvalue weighted by atomic mass is 9.68. The average molecular weight is 502 g/mol. The largest absolute Gasteiger partial charge is 0.321 e. The van der Waals surface area contributed by atoms with Crippen LogP contribution in [0.4, 0.5) is 10.6 Å². The number of rotatable bonds is 7. The van der Waals surface area contributed by atoms with E-state index in [2.05, 4.69) is 69.5 Å². The number of urea groups is 1. The van der Waals surface area contributed by atoms with Gasteiger partial charge in [-0.2, -0.15) is 5.26 Å². The van der Waals surface area contributed by atoms with Crippen molar-refractivity contribution in [2.45, 2.75) is 56.0 Å². The molecule has 0 unspecified atom stereocenters. The first kappa shape index (κ1) is 25.2. The Kier molecular flexibility index (Phi) is 6.86. The zero-order valence-corrected chi connectivity index (χ0v) is 21.7. The molecule has 1 N–H and O–H groups in total. The molecule has 37 heavy (non-hydrogen) atoms. The molecule has 2 heterocycles. The first-order valence-corrected chi connectivity index (χ1v) is 13.2. The molecule has 9 heteroatoms. The Morgan fingerprint density at radius 3 is 2.51 bits per heavy atom. The van der Waals surface area contributed by atoms with E-state index >= 15 is 0 Å². The highest BCUT2D eigenvalue weighted by atomic mass is 16.2. The number of hydrogen-bond donors (Lipinski definition) is 1. The molecule has 3 fully saturated rings. The number of anilines is 1. The lowest BCUT2D eigenvalue weighted by Gasteiger charge is -2.51. The van der Waals surface area contributed by atoms with E-state index < -0.39 is 0 Å². The quantitative estimate of drug-likeness (QED) is 0.622. The number of hydrogen-bond acceptors (Lipinski definition) is 6. The highest BCUT2D eigenvalue weighted by Gasteiger charge is 2.55. The minimum absolute atomic E-state index is 0.00864. The molecule has 5 rings (SSSR count). The van der Waals surface area contributed by atoms with Gasteiger partial charge in [0.1, 0.15) is 18.4 Å². The third-order valence-electron chi connectivity index (χ3n) is 8.76. The van der Waals surface area contributed by atoms with Gasteiger partial charge in [0.2, 0.25) is 11.7 Å². The van der Waals surface area contributed by atoms with Crippen LogP contribution < -0.4 is 5.32 Å². The van der Waals surface area contributed by atoms with E-state index in [1.165, 1.54) is 31.0 Å². The molecule has 2 saturated carbocycles. The molecule has 194 valence electrons. The molecule has 0 bridgehead atoms. The summed E-state index contributed by atoms with van der Waals surface area (Å²) < 4.78 is 0. The Morgan fingerprint density at radius 1 is 1.16 bits per heavy atom. The van der Waals surface area contributed by atoms with Gasteiger partial charge in [0.15, 0.2) is 0 Å². The summed E-state index contributed by atoms with van der Waals surface area (Å²) in [6.45, 7) is 1.29. The van der Waals surface area contributed by atoms with Crippen LogP contribution >= 0.6 is 0 Å². The molecule has 2 aromatic rings. The van der Waals surface area contributed by atoms with E-state index in [4.69, 9.17) is 5.26 Å². The van der Waals surface area contributed by atoms with Crippen molar-refractivity contribution in [2.24, 2.45) is 5.92 Å². The number of amides is 3. The molecule has 1 aliphatic heterocycles. The summed E-state index contributed by atoms with van der Waals surface area (Å²) in [6.07, 6.45) is 8.70. The Morgan fingerprint density at radius 2 is 1.89 bits per heavy atom. The molecule has 1 saturated heterocycles. The summed E-state index contributed by atoms with van der Waals surface area (Å²) in [5.74, 6) is 0.486. The topological polar surface area (TPSA) is 105 Å². The molecule has 0 atom stereocenters. The normalized spacial score (nSPS) is 25.8. The standard InChI is InChI=1S/C28H35N7O2/c1-33(2)28(22-9-4-3-5-10-22)14-12-27(13-15-28)20-34(26(37)35(27)18-21-7-6-8-21)19-25(36)32-23-11-16-30-24(17-29)31-23/h3-5,9-11,16,21H,6-8,12-15,18-20H2,1-2H3,(H,30,31,32,36). The minimum atomic E-state index is -0.320. The minimum Gasteiger partial charge on any atom is -0.317 e. The van der Waals surface area contributed by atoms with Gasteiger partial charge in [-0.05, 0) is 70.2 Å². The summed E-state index contributed by atoms with van der Waals surface area (Å²) in [4.78, 5) is 40.6. The number of carbonyl (C=O) groups is 2. The van der Waals surface area contributed by atoms with E-state index in [1.807, 2.05) is 6.07 Å². The predicted octanol–water partition coefficient (Wildman–Crippen LogP) is 3.59. The van der Waals surface area contributed by atoms with Gasteiger partial charge in [-0.15, -0.1) is 0 Å². The Bertz CT molecular complexity index is 1180. The van der Waals surface area contributed by atoms with Crippen LogP contribution in [0.15, 0.2) is 42.6 Å². The van der Waals surface area contributed by atoms with Gasteiger partial charge >= 0.3 is 6.03 Å². The van der Waals surface area contributed by atoms with Crippen LogP contribution in [0.25, 0.3) is 0 Å². The number of aromatic nitrogens is 2. The molecule has 9 nitrogen and oxygen atoms in total. The van der Waals surface area contributed by atoms with Crippen molar-refractivity contribution < 1.29 is 9.59 Å². The second kappa shape index (κ2) is 10.1. The molecule has 2 aliphatic carbocycles. The second-order valence-electron chi connectivity index (χ2n) is 11.0. The molecule has 3 aliphatic rings. The molecule has 1 aromatic heterocycles. The summed E-state index contributed by atoms with van der Waals surface area (Å²) in [6, 6.07) is 14.1. The fourth-order valence-corrected chi connectivity index (χ4v) is 6.35. The molecular formula is C28H35N7O2. The third-order valence-corrected chi connectivity index (χ3v) is 8.76. The van der Waals surface area contributed by atoms with Crippen LogP contribution in [0, 0.1) is 17.2 Å². The zero-order chi connectivity index (χ0) is 26.0. The number of nitrogens with zero attached hydrogens (tertiary/aromatic N) is 6. The SMILES string of the molecule is CN(C)C1(c2ccccc2)CCC2(CC1)CN(CC(=O)Nc1ccnc(C#N)n1)C(=O)N2CC1CCC1. The summed E-state index contributed by atoms with van der Waals surface area (Å²) >= 11 is 0. The maximum Gasteiger partial charge on any atom is 0.321 e. The average Bonchev–Trinajstić information content (AvgIpc) is 3.12. The van der Waals surface area contributed by atoms with E-state index in [9.17, 15) is 9.59 Å². The number of carbonyl (C=O) groups excluding carboxylic acids is 2. The van der Waals surface area contributed by atoms with Crippen LogP contribution in [0.1, 0.15) is 56.3 Å². The summed E-state index contributed by atoms with van der Waals surface area (Å²) in [7, 11) is 4.30. The van der Waals surface area contributed by atoms with Crippen molar-refractivity contribution in [1.29, 1.82) is 5.26 Å². The monoisotopic (exact) mass is 501 g/mol. The Labute approximate surface area is 218 Å². The number of nitriles is 1. The fraction of sp³-hybridized carbons (Fsp3) is 0.536. The zero-order valence-electron chi connectivity index (χ0n) is 21.7. The Hall–Kier alpha value is -3.51. The smallest absolute Gasteiger partial charge is 0.317 e.